The molecule has 1 saturated carbocycles. The Morgan fingerprint density at radius 2 is 0.939 bits per heavy atom. The molecule has 2 atom stereocenters. The van der Waals surface area contributed by atoms with Gasteiger partial charge in [-0.25, -0.2) is 0 Å². The Balaban J connectivity index is 0.00000230. The average molecular weight is 724 g/mol. The third kappa shape index (κ3) is 19.0. The van der Waals surface area contributed by atoms with Crippen molar-refractivity contribution in [3.8, 4) is 11.5 Å². The number of nitrogens with zero attached hydrogens (tertiary/aromatic N) is 2. The molecule has 275 valence electrons. The topological polar surface area (TPSA) is 145 Å². The third-order valence-corrected chi connectivity index (χ3v) is 7.60. The minimum Gasteiger partial charge on any atom is -0.550 e. The van der Waals surface area contributed by atoms with Crippen LogP contribution in [-0.4, -0.2) is 46.7 Å². The fraction of sp³-hybridized carbons (Fsp3) is 0.600. The predicted octanol–water partition coefficient (Wildman–Crippen LogP) is 6.25. The van der Waals surface area contributed by atoms with Gasteiger partial charge >= 0.3 is 16.8 Å². The van der Waals surface area contributed by atoms with Gasteiger partial charge in [0.15, 0.2) is 0 Å². The zero-order valence-corrected chi connectivity index (χ0v) is 32.4. The normalized spacial score (nSPS) is 16.0. The first-order valence-corrected chi connectivity index (χ1v) is 17.5. The van der Waals surface area contributed by atoms with Gasteiger partial charge in [-0.1, -0.05) is 80.4 Å². The summed E-state index contributed by atoms with van der Waals surface area (Å²) in [6, 6.07) is 8.71. The molecule has 3 rings (SSSR count). The number of hydrogen-bond donors (Lipinski definition) is 2. The van der Waals surface area contributed by atoms with Crippen LogP contribution in [-0.2, 0) is 52.1 Å². The van der Waals surface area contributed by atoms with Crippen molar-refractivity contribution in [3.63, 3.8) is 0 Å². The number of carboxylic acid groups (broad SMARTS) is 2. The number of aliphatic imine (C=N–C) groups is 2. The summed E-state index contributed by atoms with van der Waals surface area (Å²) in [5, 5.41) is 40.0. The van der Waals surface area contributed by atoms with E-state index < -0.39 is 11.9 Å². The van der Waals surface area contributed by atoms with Crippen LogP contribution in [0, 0.1) is 23.7 Å². The molecule has 0 saturated heterocycles. The van der Waals surface area contributed by atoms with E-state index in [1.54, 1.807) is 0 Å². The summed E-state index contributed by atoms with van der Waals surface area (Å²) in [4.78, 5) is 27.8. The van der Waals surface area contributed by atoms with E-state index in [1.165, 1.54) is 11.1 Å². The summed E-state index contributed by atoms with van der Waals surface area (Å²) in [5.74, 6) is 0.609. The zero-order chi connectivity index (χ0) is 36.6. The van der Waals surface area contributed by atoms with Gasteiger partial charge in [0.05, 0.1) is 12.1 Å². The molecule has 49 heavy (non-hydrogen) atoms. The van der Waals surface area contributed by atoms with Crippen molar-refractivity contribution in [1.29, 1.82) is 0 Å². The summed E-state index contributed by atoms with van der Waals surface area (Å²) in [7, 11) is 0. The van der Waals surface area contributed by atoms with Crippen molar-refractivity contribution < 1.29 is 46.8 Å². The van der Waals surface area contributed by atoms with Crippen LogP contribution in [0.2, 0.25) is 0 Å². The molecule has 1 aliphatic carbocycles. The molecule has 0 bridgehead atoms. The maximum Gasteiger partial charge on any atom is 2.00 e. The number of carboxylic acids is 2. The SMILES string of the molecule is CC(=O)[O-].CC(=O)[O-].CC(C)Cc1cc(C=NC2CCCCC2N=Cc2cc(CC(C)C)cc(CC(C)C)c2O)c(O)c(CC(C)C)c1.[Co+2]. The van der Waals surface area contributed by atoms with Crippen molar-refractivity contribution in [3.05, 3.63) is 57.6 Å². The molecule has 1 aliphatic rings. The van der Waals surface area contributed by atoms with Gasteiger partial charge < -0.3 is 30.0 Å². The van der Waals surface area contributed by atoms with Crippen molar-refractivity contribution >= 4 is 24.4 Å². The smallest absolute Gasteiger partial charge is 0.550 e. The Kier molecular flexibility index (Phi) is 21.8. The first kappa shape index (κ1) is 45.8. The van der Waals surface area contributed by atoms with Crippen LogP contribution in [0.25, 0.3) is 0 Å². The number of hydrogen-bond acceptors (Lipinski definition) is 8. The molecule has 0 heterocycles. The Labute approximate surface area is 305 Å². The second kappa shape index (κ2) is 23.3. The summed E-state index contributed by atoms with van der Waals surface area (Å²) in [6.07, 6.45) is 11.7. The molecule has 2 aromatic carbocycles. The van der Waals surface area contributed by atoms with Crippen LogP contribution in [0.1, 0.15) is 128 Å². The Bertz CT molecular complexity index is 1260. The Hall–Kier alpha value is -3.17. The minimum absolute atomic E-state index is 0. The van der Waals surface area contributed by atoms with E-state index in [4.69, 9.17) is 29.8 Å². The maximum absolute atomic E-state index is 11.1. The monoisotopic (exact) mass is 723 g/mol. The van der Waals surface area contributed by atoms with Crippen molar-refractivity contribution in [2.45, 2.75) is 133 Å². The largest absolute Gasteiger partial charge is 2.00 e. The van der Waals surface area contributed by atoms with E-state index in [0.717, 1.165) is 87.5 Å². The molecular weight excluding hydrogens is 663 g/mol. The van der Waals surface area contributed by atoms with E-state index in [0.29, 0.717) is 35.2 Å². The molecule has 1 fully saturated rings. The fourth-order valence-electron chi connectivity index (χ4n) is 5.93. The zero-order valence-electron chi connectivity index (χ0n) is 31.3. The Morgan fingerprint density at radius 3 is 1.20 bits per heavy atom. The molecule has 0 spiro atoms. The fourth-order valence-corrected chi connectivity index (χ4v) is 5.93. The second-order valence-corrected chi connectivity index (χ2v) is 14.7. The Morgan fingerprint density at radius 1 is 0.653 bits per heavy atom. The molecule has 0 aromatic heterocycles. The van der Waals surface area contributed by atoms with Crippen molar-refractivity contribution in [2.24, 2.45) is 33.7 Å². The first-order valence-electron chi connectivity index (χ1n) is 17.5. The molecule has 0 amide bonds. The number of phenolic OH excluding ortho intramolecular Hbond substituents is 2. The molecule has 2 unspecified atom stereocenters. The summed E-state index contributed by atoms with van der Waals surface area (Å²) < 4.78 is 0. The van der Waals surface area contributed by atoms with E-state index >= 15 is 0 Å². The van der Waals surface area contributed by atoms with Gasteiger partial charge in [0.2, 0.25) is 0 Å². The summed E-state index contributed by atoms with van der Waals surface area (Å²) >= 11 is 0. The van der Waals surface area contributed by atoms with Crippen LogP contribution in [0.15, 0.2) is 34.3 Å². The van der Waals surface area contributed by atoms with Gasteiger partial charge in [-0.05, 0) is 110 Å². The second-order valence-electron chi connectivity index (χ2n) is 14.7. The first-order chi connectivity index (χ1) is 22.4. The number of rotatable bonds is 12. The summed E-state index contributed by atoms with van der Waals surface area (Å²) in [6.45, 7) is 19.6. The van der Waals surface area contributed by atoms with Crippen LogP contribution in [0.3, 0.4) is 0 Å². The van der Waals surface area contributed by atoms with Gasteiger partial charge in [-0.15, -0.1) is 0 Å². The van der Waals surface area contributed by atoms with E-state index in [2.05, 4.69) is 79.7 Å². The van der Waals surface area contributed by atoms with Gasteiger partial charge in [0.1, 0.15) is 11.5 Å². The molecule has 2 N–H and O–H groups in total. The molecular formula is C40H60CoN2O6. The van der Waals surface area contributed by atoms with Gasteiger partial charge in [-0.2, -0.15) is 0 Å². The van der Waals surface area contributed by atoms with Gasteiger partial charge in [-0.3, -0.25) is 9.98 Å². The van der Waals surface area contributed by atoms with Crippen LogP contribution >= 0.6 is 0 Å². The van der Waals surface area contributed by atoms with Gasteiger partial charge in [0, 0.05) is 35.5 Å². The number of carbonyl (C=O) groups excluding carboxylic acids is 2. The molecule has 0 aliphatic heterocycles. The number of aliphatic carboxylic acids is 2. The molecule has 9 heteroatoms. The molecule has 1 radical (unpaired) electrons. The minimum atomic E-state index is -1.08. The van der Waals surface area contributed by atoms with Crippen LogP contribution < -0.4 is 10.2 Å². The number of phenols is 2. The standard InChI is InChI=1S/C36H54N2O2.2C2H4O2.Co/c1-23(2)13-27-17-29(15-25(5)6)35(39)31(19-27)21-37-33-11-9-10-12-34(33)38-22-32-20-28(14-24(3)4)18-30(36(32)40)16-26(7)8;2*1-2(3)4;/h17-26,33-34,39-40H,9-16H2,1-8H3;2*1H3,(H,3,4);/q;;;+2/p-2. The van der Waals surface area contributed by atoms with Crippen molar-refractivity contribution in [1.82, 2.24) is 0 Å². The predicted molar refractivity (Wildman–Crippen MR) is 193 cm³/mol. The third-order valence-electron chi connectivity index (χ3n) is 7.60. The molecule has 8 nitrogen and oxygen atoms in total. The van der Waals surface area contributed by atoms with Crippen LogP contribution in [0.5, 0.6) is 11.5 Å². The number of carbonyl (C=O) groups is 2. The van der Waals surface area contributed by atoms with Crippen molar-refractivity contribution in [2.75, 3.05) is 0 Å². The van der Waals surface area contributed by atoms with E-state index in [-0.39, 0.29) is 28.9 Å². The number of benzene rings is 2. The maximum atomic E-state index is 11.1. The average Bonchev–Trinajstić information content (AvgIpc) is 2.93. The number of aromatic hydroxyl groups is 2. The molecule has 2 aromatic rings. The van der Waals surface area contributed by atoms with E-state index in [1.807, 2.05) is 12.4 Å². The van der Waals surface area contributed by atoms with Gasteiger partial charge in [0.25, 0.3) is 0 Å². The summed E-state index contributed by atoms with van der Waals surface area (Å²) in [5.41, 5.74) is 6.19. The quantitative estimate of drug-likeness (QED) is 0.248. The van der Waals surface area contributed by atoms with E-state index in [9.17, 15) is 10.2 Å². The van der Waals surface area contributed by atoms with Crippen LogP contribution in [0.4, 0.5) is 0 Å².